The summed E-state index contributed by atoms with van der Waals surface area (Å²) in [5.41, 5.74) is 0.979. The van der Waals surface area contributed by atoms with Crippen LogP contribution in [0.5, 0.6) is 17.2 Å². The largest absolute Gasteiger partial charge is 0.507 e. The van der Waals surface area contributed by atoms with Crippen molar-refractivity contribution in [3.8, 4) is 17.2 Å². The molecule has 4 heteroatoms. The third-order valence-corrected chi connectivity index (χ3v) is 4.01. The van der Waals surface area contributed by atoms with Gasteiger partial charge in [0, 0.05) is 10.9 Å². The van der Waals surface area contributed by atoms with Gasteiger partial charge in [0.15, 0.2) is 17.3 Å². The molecule has 0 radical (unpaired) electrons. The van der Waals surface area contributed by atoms with E-state index >= 15 is 0 Å². The van der Waals surface area contributed by atoms with E-state index in [4.69, 9.17) is 9.47 Å². The second kappa shape index (κ2) is 7.09. The molecule has 3 aromatic rings. The van der Waals surface area contributed by atoms with Gasteiger partial charge in [-0.25, -0.2) is 0 Å². The summed E-state index contributed by atoms with van der Waals surface area (Å²) >= 11 is 0. The number of methoxy groups -OCH3 is 2. The van der Waals surface area contributed by atoms with E-state index in [2.05, 4.69) is 0 Å². The molecule has 0 amide bonds. The fourth-order valence-electron chi connectivity index (χ4n) is 2.75. The smallest absolute Gasteiger partial charge is 0.189 e. The van der Waals surface area contributed by atoms with Crippen molar-refractivity contribution in [2.45, 2.75) is 0 Å². The van der Waals surface area contributed by atoms with Crippen molar-refractivity contribution in [3.05, 3.63) is 71.8 Å². The van der Waals surface area contributed by atoms with E-state index in [1.54, 1.807) is 38.5 Å². The summed E-state index contributed by atoms with van der Waals surface area (Å²) in [6.45, 7) is 0. The lowest BCUT2D eigenvalue weighted by atomic mass is 10.0. The molecule has 0 unspecified atom stereocenters. The Labute approximate surface area is 145 Å². The number of ketones is 1. The molecule has 3 rings (SSSR count). The molecule has 0 aromatic heterocycles. The van der Waals surface area contributed by atoms with Gasteiger partial charge in [0.05, 0.1) is 19.8 Å². The Kier molecular flexibility index (Phi) is 4.70. The zero-order chi connectivity index (χ0) is 17.8. The number of para-hydroxylation sites is 1. The van der Waals surface area contributed by atoms with Crippen LogP contribution < -0.4 is 9.47 Å². The van der Waals surface area contributed by atoms with E-state index < -0.39 is 0 Å². The molecule has 0 bridgehead atoms. The zero-order valence-electron chi connectivity index (χ0n) is 14.0. The summed E-state index contributed by atoms with van der Waals surface area (Å²) in [5.74, 6) is 0.848. The molecule has 0 atom stereocenters. The van der Waals surface area contributed by atoms with E-state index in [1.165, 1.54) is 6.08 Å². The number of benzene rings is 3. The maximum absolute atomic E-state index is 12.5. The minimum Gasteiger partial charge on any atom is -0.507 e. The summed E-state index contributed by atoms with van der Waals surface area (Å²) in [4.78, 5) is 12.5. The first-order valence-electron chi connectivity index (χ1n) is 7.80. The molecule has 0 saturated carbocycles. The summed E-state index contributed by atoms with van der Waals surface area (Å²) in [7, 11) is 3.11. The van der Waals surface area contributed by atoms with Gasteiger partial charge in [0.1, 0.15) is 5.75 Å². The van der Waals surface area contributed by atoms with Crippen LogP contribution in [0.25, 0.3) is 16.8 Å². The fourth-order valence-corrected chi connectivity index (χ4v) is 2.75. The molecule has 126 valence electrons. The van der Waals surface area contributed by atoms with Crippen LogP contribution in [0.1, 0.15) is 15.9 Å². The monoisotopic (exact) mass is 334 g/mol. The number of carbonyl (C=O) groups excluding carboxylic acids is 1. The Morgan fingerprint density at radius 1 is 0.960 bits per heavy atom. The highest BCUT2D eigenvalue weighted by molar-refractivity contribution is 6.11. The third kappa shape index (κ3) is 3.19. The quantitative estimate of drug-likeness (QED) is 0.553. The van der Waals surface area contributed by atoms with E-state index in [0.717, 1.165) is 10.9 Å². The van der Waals surface area contributed by atoms with E-state index in [0.29, 0.717) is 16.9 Å². The van der Waals surface area contributed by atoms with Crippen molar-refractivity contribution in [3.63, 3.8) is 0 Å². The number of allylic oxidation sites excluding steroid dienone is 1. The first kappa shape index (κ1) is 16.6. The zero-order valence-corrected chi connectivity index (χ0v) is 14.0. The highest BCUT2D eigenvalue weighted by Gasteiger charge is 2.12. The first-order valence-corrected chi connectivity index (χ1v) is 7.80. The number of phenolic OH excluding ortho intramolecular Hbond substituents is 1. The first-order chi connectivity index (χ1) is 12.2. The Morgan fingerprint density at radius 3 is 2.52 bits per heavy atom. The topological polar surface area (TPSA) is 55.8 Å². The van der Waals surface area contributed by atoms with Crippen molar-refractivity contribution in [2.75, 3.05) is 14.2 Å². The highest BCUT2D eigenvalue weighted by atomic mass is 16.5. The predicted molar refractivity (Wildman–Crippen MR) is 98.5 cm³/mol. The predicted octanol–water partition coefficient (Wildman–Crippen LogP) is 4.46. The number of hydrogen-bond acceptors (Lipinski definition) is 4. The molecule has 0 fully saturated rings. The molecule has 0 aliphatic heterocycles. The number of phenols is 1. The lowest BCUT2D eigenvalue weighted by molar-refractivity contribution is 0.104. The van der Waals surface area contributed by atoms with Gasteiger partial charge >= 0.3 is 0 Å². The number of rotatable bonds is 5. The minimum absolute atomic E-state index is 0.00893. The molecule has 0 heterocycles. The van der Waals surface area contributed by atoms with E-state index in [-0.39, 0.29) is 17.1 Å². The van der Waals surface area contributed by atoms with Crippen molar-refractivity contribution in [1.29, 1.82) is 0 Å². The Balaban J connectivity index is 1.95. The standard InChI is InChI=1S/C21H18O4/c1-24-19-9-5-7-15(21(19)25-2)11-13-18(22)17-12-10-14-6-3-4-8-16(14)20(17)23/h3-13,23H,1-2H3. The molecule has 4 nitrogen and oxygen atoms in total. The summed E-state index contributed by atoms with van der Waals surface area (Å²) in [6, 6.07) is 16.3. The van der Waals surface area contributed by atoms with Gasteiger partial charge in [-0.2, -0.15) is 0 Å². The van der Waals surface area contributed by atoms with Gasteiger partial charge in [-0.3, -0.25) is 4.79 Å². The van der Waals surface area contributed by atoms with Crippen molar-refractivity contribution >= 4 is 22.6 Å². The number of aromatic hydroxyl groups is 1. The van der Waals surface area contributed by atoms with Crippen LogP contribution in [0, 0.1) is 0 Å². The van der Waals surface area contributed by atoms with Crippen LogP contribution in [-0.4, -0.2) is 25.1 Å². The maximum atomic E-state index is 12.5. The van der Waals surface area contributed by atoms with Crippen LogP contribution in [0.2, 0.25) is 0 Å². The van der Waals surface area contributed by atoms with E-state index in [9.17, 15) is 9.90 Å². The molecular formula is C21H18O4. The van der Waals surface area contributed by atoms with Crippen LogP contribution in [0.4, 0.5) is 0 Å². The third-order valence-electron chi connectivity index (χ3n) is 4.01. The van der Waals surface area contributed by atoms with Crippen LogP contribution in [-0.2, 0) is 0 Å². The van der Waals surface area contributed by atoms with Gasteiger partial charge in [0.25, 0.3) is 0 Å². The molecule has 0 spiro atoms. The number of fused-ring (bicyclic) bond motifs is 1. The molecule has 0 aliphatic rings. The van der Waals surface area contributed by atoms with Crippen LogP contribution in [0.3, 0.4) is 0 Å². The van der Waals surface area contributed by atoms with Gasteiger partial charge < -0.3 is 14.6 Å². The molecule has 3 aromatic carbocycles. The Bertz CT molecular complexity index is 957. The van der Waals surface area contributed by atoms with Gasteiger partial charge in [-0.1, -0.05) is 42.5 Å². The SMILES string of the molecule is COc1cccc(C=CC(=O)c2ccc3ccccc3c2O)c1OC. The normalized spacial score (nSPS) is 11.0. The number of ether oxygens (including phenoxy) is 2. The molecule has 0 aliphatic carbocycles. The van der Waals surface area contributed by atoms with Gasteiger partial charge in [-0.15, -0.1) is 0 Å². The summed E-state index contributed by atoms with van der Waals surface area (Å²) < 4.78 is 10.6. The second-order valence-electron chi connectivity index (χ2n) is 5.46. The molecule has 1 N–H and O–H groups in total. The second-order valence-corrected chi connectivity index (χ2v) is 5.46. The summed E-state index contributed by atoms with van der Waals surface area (Å²) in [6.07, 6.45) is 3.07. The van der Waals surface area contributed by atoms with Gasteiger partial charge in [0.2, 0.25) is 0 Å². The molecule has 25 heavy (non-hydrogen) atoms. The minimum atomic E-state index is -0.284. The Morgan fingerprint density at radius 2 is 1.76 bits per heavy atom. The van der Waals surface area contributed by atoms with Crippen molar-refractivity contribution < 1.29 is 19.4 Å². The molecule has 0 saturated heterocycles. The molecular weight excluding hydrogens is 316 g/mol. The average Bonchev–Trinajstić information content (AvgIpc) is 2.66. The lowest BCUT2D eigenvalue weighted by Gasteiger charge is -2.10. The fraction of sp³-hybridized carbons (Fsp3) is 0.0952. The highest BCUT2D eigenvalue weighted by Crippen LogP contribution is 2.32. The van der Waals surface area contributed by atoms with Gasteiger partial charge in [-0.05, 0) is 29.7 Å². The van der Waals surface area contributed by atoms with Crippen LogP contribution in [0.15, 0.2) is 60.7 Å². The van der Waals surface area contributed by atoms with Crippen molar-refractivity contribution in [2.24, 2.45) is 0 Å². The number of carbonyl (C=O) groups is 1. The maximum Gasteiger partial charge on any atom is 0.189 e. The average molecular weight is 334 g/mol. The summed E-state index contributed by atoms with van der Waals surface area (Å²) in [5, 5.41) is 11.9. The lowest BCUT2D eigenvalue weighted by Crippen LogP contribution is -1.96. The Hall–Kier alpha value is -3.27. The van der Waals surface area contributed by atoms with Crippen molar-refractivity contribution in [1.82, 2.24) is 0 Å². The van der Waals surface area contributed by atoms with Crippen LogP contribution >= 0.6 is 0 Å². The van der Waals surface area contributed by atoms with E-state index in [1.807, 2.05) is 36.4 Å². The number of hydrogen-bond donors (Lipinski definition) is 1.